The number of carbonyl (C=O) groups is 2. The van der Waals surface area contributed by atoms with Gasteiger partial charge in [0.25, 0.3) is 0 Å². The number of hydrogen-bond acceptors (Lipinski definition) is 4. The number of fused-ring (bicyclic) bond motifs is 2. The molecule has 5 heteroatoms. The summed E-state index contributed by atoms with van der Waals surface area (Å²) in [5.41, 5.74) is 0.855. The van der Waals surface area contributed by atoms with Crippen molar-refractivity contribution < 1.29 is 14.3 Å². The maximum absolute atomic E-state index is 12.5. The van der Waals surface area contributed by atoms with Crippen LogP contribution in [-0.4, -0.2) is 29.9 Å². The van der Waals surface area contributed by atoms with Gasteiger partial charge in [-0.1, -0.05) is 24.3 Å². The zero-order valence-electron chi connectivity index (χ0n) is 13.1. The minimum Gasteiger partial charge on any atom is -0.449 e. The van der Waals surface area contributed by atoms with Crippen molar-refractivity contribution in [3.8, 4) is 0 Å². The van der Waals surface area contributed by atoms with Crippen molar-refractivity contribution in [3.05, 3.63) is 63.9 Å². The minimum atomic E-state index is -0.682. The van der Waals surface area contributed by atoms with Gasteiger partial charge < -0.3 is 9.64 Å². The summed E-state index contributed by atoms with van der Waals surface area (Å²) < 4.78 is 5.74. The molecule has 2 aliphatic rings. The first kappa shape index (κ1) is 15.1. The molecule has 1 atom stereocenters. The monoisotopic (exact) mass is 339 g/mol. The molecule has 1 spiro atoms. The normalized spacial score (nSPS) is 22.8. The summed E-state index contributed by atoms with van der Waals surface area (Å²) in [7, 11) is 0. The number of rotatable bonds is 2. The Bertz CT molecular complexity index is 812. The summed E-state index contributed by atoms with van der Waals surface area (Å²) in [6.45, 7) is 1.11. The third-order valence-corrected chi connectivity index (χ3v) is 5.46. The van der Waals surface area contributed by atoms with Crippen molar-refractivity contribution in [2.24, 2.45) is 0 Å². The number of benzene rings is 1. The highest BCUT2D eigenvalue weighted by molar-refractivity contribution is 7.10. The van der Waals surface area contributed by atoms with Crippen LogP contribution in [0.15, 0.2) is 47.9 Å². The van der Waals surface area contributed by atoms with Gasteiger partial charge in [0.2, 0.25) is 5.91 Å². The number of thiophene rings is 1. The van der Waals surface area contributed by atoms with Gasteiger partial charge in [0.1, 0.15) is 0 Å². The van der Waals surface area contributed by atoms with Crippen molar-refractivity contribution in [2.75, 3.05) is 13.1 Å². The first-order chi connectivity index (χ1) is 11.7. The summed E-state index contributed by atoms with van der Waals surface area (Å²) >= 11 is 1.59. The molecule has 4 rings (SSSR count). The minimum absolute atomic E-state index is 0.0390. The van der Waals surface area contributed by atoms with Crippen LogP contribution in [0.3, 0.4) is 0 Å². The van der Waals surface area contributed by atoms with Gasteiger partial charge in [0.15, 0.2) is 5.60 Å². The molecular formula is C19H17NO3S. The fourth-order valence-electron chi connectivity index (χ4n) is 3.50. The first-order valence-corrected chi connectivity index (χ1v) is 8.89. The van der Waals surface area contributed by atoms with Crippen LogP contribution in [0, 0.1) is 0 Å². The second kappa shape index (κ2) is 5.91. The molecule has 0 unspecified atom stereocenters. The van der Waals surface area contributed by atoms with E-state index in [9.17, 15) is 9.59 Å². The molecule has 122 valence electrons. The number of esters is 1. The number of nitrogens with zero attached hydrogens (tertiary/aromatic N) is 1. The number of piperidine rings is 1. The molecule has 0 radical (unpaired) electrons. The van der Waals surface area contributed by atoms with Gasteiger partial charge in [-0.05, 0) is 36.4 Å². The Labute approximate surface area is 144 Å². The van der Waals surface area contributed by atoms with E-state index in [0.717, 1.165) is 23.3 Å². The van der Waals surface area contributed by atoms with E-state index in [2.05, 4.69) is 0 Å². The molecule has 1 aromatic heterocycles. The number of hydrogen-bond donors (Lipinski definition) is 0. The van der Waals surface area contributed by atoms with Crippen LogP contribution in [0.25, 0.3) is 6.08 Å². The third-order valence-electron chi connectivity index (χ3n) is 4.63. The van der Waals surface area contributed by atoms with Crippen LogP contribution in [-0.2, 0) is 15.1 Å². The van der Waals surface area contributed by atoms with Crippen LogP contribution in [0.1, 0.15) is 33.6 Å². The van der Waals surface area contributed by atoms with Crippen molar-refractivity contribution in [3.63, 3.8) is 0 Å². The Morgan fingerprint density at radius 1 is 1.25 bits per heavy atom. The van der Waals surface area contributed by atoms with E-state index < -0.39 is 5.60 Å². The molecule has 24 heavy (non-hydrogen) atoms. The van der Waals surface area contributed by atoms with E-state index in [4.69, 9.17) is 4.74 Å². The highest BCUT2D eigenvalue weighted by Gasteiger charge is 2.48. The Morgan fingerprint density at radius 3 is 2.96 bits per heavy atom. The molecule has 4 nitrogen and oxygen atoms in total. The highest BCUT2D eigenvalue weighted by atomic mass is 32.1. The van der Waals surface area contributed by atoms with E-state index >= 15 is 0 Å². The average molecular weight is 339 g/mol. The molecule has 0 aliphatic carbocycles. The molecule has 0 bridgehead atoms. The predicted octanol–water partition coefficient (Wildman–Crippen LogP) is 3.45. The fourth-order valence-corrected chi connectivity index (χ4v) is 4.12. The third kappa shape index (κ3) is 2.55. The van der Waals surface area contributed by atoms with Gasteiger partial charge in [-0.3, -0.25) is 4.79 Å². The van der Waals surface area contributed by atoms with E-state index in [1.807, 2.05) is 41.8 Å². The molecule has 0 N–H and O–H groups in total. The van der Waals surface area contributed by atoms with Crippen LogP contribution in [0.4, 0.5) is 0 Å². The summed E-state index contributed by atoms with van der Waals surface area (Å²) in [4.78, 5) is 27.5. The molecule has 1 saturated heterocycles. The molecular weight excluding hydrogens is 322 g/mol. The smallest absolute Gasteiger partial charge is 0.339 e. The summed E-state index contributed by atoms with van der Waals surface area (Å²) in [5, 5.41) is 1.98. The lowest BCUT2D eigenvalue weighted by Gasteiger charge is -2.39. The second-order valence-corrected chi connectivity index (χ2v) is 7.12. The molecule has 2 aromatic rings. The van der Waals surface area contributed by atoms with Gasteiger partial charge in [0, 0.05) is 23.1 Å². The number of carbonyl (C=O) groups excluding carboxylic acids is 2. The van der Waals surface area contributed by atoms with Crippen LogP contribution < -0.4 is 0 Å². The quantitative estimate of drug-likeness (QED) is 0.622. The van der Waals surface area contributed by atoms with Crippen molar-refractivity contribution in [2.45, 2.75) is 18.4 Å². The Morgan fingerprint density at radius 2 is 2.12 bits per heavy atom. The highest BCUT2D eigenvalue weighted by Crippen LogP contribution is 2.42. The Hall–Kier alpha value is -2.40. The van der Waals surface area contributed by atoms with Crippen molar-refractivity contribution >= 4 is 29.3 Å². The number of ether oxygens (including phenoxy) is 1. The lowest BCUT2D eigenvalue weighted by molar-refractivity contribution is -0.133. The Balaban J connectivity index is 1.56. The molecule has 1 amide bonds. The zero-order valence-corrected chi connectivity index (χ0v) is 13.9. The second-order valence-electron chi connectivity index (χ2n) is 6.14. The molecule has 2 aliphatic heterocycles. The van der Waals surface area contributed by atoms with Crippen molar-refractivity contribution in [1.82, 2.24) is 4.90 Å². The van der Waals surface area contributed by atoms with Crippen molar-refractivity contribution in [1.29, 1.82) is 0 Å². The first-order valence-electron chi connectivity index (χ1n) is 8.01. The van der Waals surface area contributed by atoms with E-state index in [1.165, 1.54) is 0 Å². The Kier molecular flexibility index (Phi) is 3.73. The molecule has 1 aromatic carbocycles. The molecule has 0 saturated carbocycles. The maximum atomic E-state index is 12.5. The van der Waals surface area contributed by atoms with Crippen LogP contribution in [0.2, 0.25) is 0 Å². The average Bonchev–Trinajstić information content (AvgIpc) is 3.21. The summed E-state index contributed by atoms with van der Waals surface area (Å²) in [6.07, 6.45) is 5.02. The fraction of sp³-hybridized carbons (Fsp3) is 0.263. The van der Waals surface area contributed by atoms with E-state index in [-0.39, 0.29) is 11.9 Å². The topological polar surface area (TPSA) is 46.6 Å². The zero-order chi connectivity index (χ0) is 16.6. The van der Waals surface area contributed by atoms with Gasteiger partial charge in [-0.25, -0.2) is 4.79 Å². The largest absolute Gasteiger partial charge is 0.449 e. The van der Waals surface area contributed by atoms with Crippen LogP contribution >= 0.6 is 11.3 Å². The lowest BCUT2D eigenvalue weighted by atomic mass is 9.85. The van der Waals surface area contributed by atoms with Gasteiger partial charge in [-0.15, -0.1) is 11.3 Å². The van der Waals surface area contributed by atoms with E-state index in [1.54, 1.807) is 28.4 Å². The van der Waals surface area contributed by atoms with Crippen LogP contribution in [0.5, 0.6) is 0 Å². The lowest BCUT2D eigenvalue weighted by Crippen LogP contribution is -2.48. The number of amides is 1. The van der Waals surface area contributed by atoms with Gasteiger partial charge in [-0.2, -0.15) is 0 Å². The SMILES string of the molecule is O=C1O[C@]2(CCCN(C(=O)/C=C/c3cccs3)C2)c2ccccc21. The maximum Gasteiger partial charge on any atom is 0.339 e. The summed E-state index contributed by atoms with van der Waals surface area (Å²) in [6, 6.07) is 11.4. The summed E-state index contributed by atoms with van der Waals surface area (Å²) in [5.74, 6) is -0.322. The van der Waals surface area contributed by atoms with Gasteiger partial charge in [0.05, 0.1) is 12.1 Å². The predicted molar refractivity (Wildman–Crippen MR) is 92.7 cm³/mol. The standard InChI is InChI=1S/C19H17NO3S/c21-17(9-8-14-5-3-12-24-14)20-11-4-10-19(13-20)16-7-2-1-6-15(16)18(22)23-19/h1-3,5-9,12H,4,10-11,13H2/b9-8+/t19-/m0/s1. The molecule has 3 heterocycles. The van der Waals surface area contributed by atoms with Gasteiger partial charge >= 0.3 is 5.97 Å². The number of likely N-dealkylation sites (tertiary alicyclic amines) is 1. The van der Waals surface area contributed by atoms with E-state index in [0.29, 0.717) is 18.7 Å². The molecule has 1 fully saturated rings.